The molecule has 0 radical (unpaired) electrons. The second-order valence-corrected chi connectivity index (χ2v) is 2.52. The van der Waals surface area contributed by atoms with Crippen LogP contribution in [0, 0.1) is 0 Å². The van der Waals surface area contributed by atoms with Crippen LogP contribution in [0.4, 0.5) is 0 Å². The van der Waals surface area contributed by atoms with Crippen molar-refractivity contribution in [2.45, 2.75) is 18.4 Å². The van der Waals surface area contributed by atoms with Crippen LogP contribution in [0.2, 0.25) is 0 Å². The first-order chi connectivity index (χ1) is 4.38. The summed E-state index contributed by atoms with van der Waals surface area (Å²) in [5.74, 6) is 1.56. The minimum absolute atomic E-state index is 0.358. The number of hydrogen-bond acceptors (Lipinski definition) is 2. The third-order valence-electron chi connectivity index (χ3n) is 1.75. The number of rotatable bonds is 1. The molecular formula is C7H9NO. The van der Waals surface area contributed by atoms with Gasteiger partial charge >= 0.3 is 0 Å². The van der Waals surface area contributed by atoms with Crippen LogP contribution in [0.15, 0.2) is 22.8 Å². The van der Waals surface area contributed by atoms with Gasteiger partial charge < -0.3 is 10.2 Å². The van der Waals surface area contributed by atoms with Gasteiger partial charge in [-0.1, -0.05) is 0 Å². The first-order valence-corrected chi connectivity index (χ1v) is 3.17. The van der Waals surface area contributed by atoms with Crippen molar-refractivity contribution in [1.29, 1.82) is 0 Å². The van der Waals surface area contributed by atoms with Crippen LogP contribution in [0.3, 0.4) is 0 Å². The van der Waals surface area contributed by atoms with Gasteiger partial charge in [-0.25, -0.2) is 0 Å². The lowest BCUT2D eigenvalue weighted by molar-refractivity contribution is 0.509. The van der Waals surface area contributed by atoms with Gasteiger partial charge in [0.15, 0.2) is 0 Å². The Balaban J connectivity index is 2.18. The molecule has 2 N–H and O–H groups in total. The van der Waals surface area contributed by atoms with Gasteiger partial charge in [-0.15, -0.1) is 0 Å². The maximum atomic E-state index is 5.60. The molecule has 1 heterocycles. The van der Waals surface area contributed by atoms with Crippen LogP contribution in [0.25, 0.3) is 0 Å². The van der Waals surface area contributed by atoms with E-state index < -0.39 is 0 Å². The Bertz CT molecular complexity index is 193. The summed E-state index contributed by atoms with van der Waals surface area (Å²) in [6.45, 7) is 0. The van der Waals surface area contributed by atoms with Crippen molar-refractivity contribution in [3.05, 3.63) is 24.2 Å². The number of furan rings is 1. The molecule has 2 unspecified atom stereocenters. The predicted octanol–water partition coefficient (Wildman–Crippen LogP) is 1.09. The Morgan fingerprint density at radius 1 is 1.67 bits per heavy atom. The summed E-state index contributed by atoms with van der Waals surface area (Å²) in [5, 5.41) is 0. The molecular weight excluding hydrogens is 114 g/mol. The molecule has 2 atom stereocenters. The molecule has 1 saturated carbocycles. The van der Waals surface area contributed by atoms with Gasteiger partial charge in [0, 0.05) is 12.0 Å². The molecule has 0 aromatic carbocycles. The lowest BCUT2D eigenvalue weighted by atomic mass is 10.3. The molecule has 1 fully saturated rings. The van der Waals surface area contributed by atoms with E-state index in [0.717, 1.165) is 12.2 Å². The van der Waals surface area contributed by atoms with Crippen molar-refractivity contribution in [1.82, 2.24) is 0 Å². The van der Waals surface area contributed by atoms with Crippen LogP contribution >= 0.6 is 0 Å². The van der Waals surface area contributed by atoms with Gasteiger partial charge in [-0.05, 0) is 18.6 Å². The quantitative estimate of drug-likeness (QED) is 0.607. The molecule has 48 valence electrons. The highest BCUT2D eigenvalue weighted by Crippen LogP contribution is 2.38. The average Bonchev–Trinajstić information content (AvgIpc) is 2.44. The van der Waals surface area contributed by atoms with E-state index in [-0.39, 0.29) is 0 Å². The molecule has 2 rings (SSSR count). The van der Waals surface area contributed by atoms with E-state index in [1.165, 1.54) is 0 Å². The molecule has 1 aliphatic rings. The van der Waals surface area contributed by atoms with Crippen LogP contribution in [-0.4, -0.2) is 6.04 Å². The Labute approximate surface area is 53.7 Å². The Kier molecular flexibility index (Phi) is 0.904. The van der Waals surface area contributed by atoms with Crippen molar-refractivity contribution >= 4 is 0 Å². The normalized spacial score (nSPS) is 32.6. The van der Waals surface area contributed by atoms with Crippen molar-refractivity contribution in [3.8, 4) is 0 Å². The van der Waals surface area contributed by atoms with Crippen molar-refractivity contribution in [2.24, 2.45) is 5.73 Å². The lowest BCUT2D eigenvalue weighted by Gasteiger charge is -1.86. The molecule has 1 aromatic heterocycles. The monoisotopic (exact) mass is 123 g/mol. The second kappa shape index (κ2) is 1.61. The Morgan fingerprint density at radius 2 is 2.44 bits per heavy atom. The first kappa shape index (κ1) is 5.06. The van der Waals surface area contributed by atoms with Gasteiger partial charge in [0.25, 0.3) is 0 Å². The molecule has 2 nitrogen and oxygen atoms in total. The van der Waals surface area contributed by atoms with Gasteiger partial charge in [-0.2, -0.15) is 0 Å². The topological polar surface area (TPSA) is 39.2 Å². The van der Waals surface area contributed by atoms with Crippen LogP contribution in [0.1, 0.15) is 18.1 Å². The fourth-order valence-corrected chi connectivity index (χ4v) is 1.04. The third kappa shape index (κ3) is 0.754. The van der Waals surface area contributed by atoms with Crippen LogP contribution in [-0.2, 0) is 0 Å². The molecule has 1 aliphatic carbocycles. The molecule has 0 amide bonds. The summed E-state index contributed by atoms with van der Waals surface area (Å²) >= 11 is 0. The number of hydrogen-bond donors (Lipinski definition) is 1. The minimum Gasteiger partial charge on any atom is -0.469 e. The first-order valence-electron chi connectivity index (χ1n) is 3.17. The van der Waals surface area contributed by atoms with E-state index in [1.54, 1.807) is 6.26 Å². The fraction of sp³-hybridized carbons (Fsp3) is 0.429. The van der Waals surface area contributed by atoms with Crippen molar-refractivity contribution in [2.75, 3.05) is 0 Å². The third-order valence-corrected chi connectivity index (χ3v) is 1.75. The van der Waals surface area contributed by atoms with E-state index in [0.29, 0.717) is 12.0 Å². The van der Waals surface area contributed by atoms with Crippen molar-refractivity contribution in [3.63, 3.8) is 0 Å². The second-order valence-electron chi connectivity index (χ2n) is 2.52. The van der Waals surface area contributed by atoms with Gasteiger partial charge in [-0.3, -0.25) is 0 Å². The molecule has 2 heteroatoms. The highest BCUT2D eigenvalue weighted by Gasteiger charge is 2.36. The number of nitrogens with two attached hydrogens (primary N) is 1. The lowest BCUT2D eigenvalue weighted by Crippen LogP contribution is -1.99. The minimum atomic E-state index is 0.358. The predicted molar refractivity (Wildman–Crippen MR) is 34.0 cm³/mol. The van der Waals surface area contributed by atoms with E-state index in [1.807, 2.05) is 12.1 Å². The Hall–Kier alpha value is -0.760. The zero-order valence-corrected chi connectivity index (χ0v) is 5.08. The molecule has 0 bridgehead atoms. The van der Waals surface area contributed by atoms with E-state index in [4.69, 9.17) is 10.2 Å². The molecule has 0 spiro atoms. The molecule has 1 aromatic rings. The summed E-state index contributed by atoms with van der Waals surface area (Å²) < 4.78 is 5.15. The molecule has 0 saturated heterocycles. The molecule has 0 aliphatic heterocycles. The zero-order valence-electron chi connectivity index (χ0n) is 5.08. The van der Waals surface area contributed by atoms with E-state index >= 15 is 0 Å². The standard InChI is InChI=1S/C7H9NO/c8-6-4-5(6)7-2-1-3-9-7/h1-3,5-6H,4,8H2. The maximum absolute atomic E-state index is 5.60. The highest BCUT2D eigenvalue weighted by molar-refractivity contribution is 5.17. The summed E-state index contributed by atoms with van der Waals surface area (Å²) in [5.41, 5.74) is 5.60. The summed E-state index contributed by atoms with van der Waals surface area (Å²) in [6, 6.07) is 4.24. The summed E-state index contributed by atoms with van der Waals surface area (Å²) in [6.07, 6.45) is 2.79. The summed E-state index contributed by atoms with van der Waals surface area (Å²) in [4.78, 5) is 0. The SMILES string of the molecule is NC1CC1c1ccco1. The smallest absolute Gasteiger partial charge is 0.108 e. The summed E-state index contributed by atoms with van der Waals surface area (Å²) in [7, 11) is 0. The fourth-order valence-electron chi connectivity index (χ4n) is 1.04. The van der Waals surface area contributed by atoms with Crippen LogP contribution in [0.5, 0.6) is 0 Å². The van der Waals surface area contributed by atoms with Gasteiger partial charge in [0.1, 0.15) is 5.76 Å². The van der Waals surface area contributed by atoms with E-state index in [9.17, 15) is 0 Å². The van der Waals surface area contributed by atoms with Crippen molar-refractivity contribution < 1.29 is 4.42 Å². The highest BCUT2D eigenvalue weighted by atomic mass is 16.3. The average molecular weight is 123 g/mol. The zero-order chi connectivity index (χ0) is 6.27. The van der Waals surface area contributed by atoms with Gasteiger partial charge in [0.2, 0.25) is 0 Å². The maximum Gasteiger partial charge on any atom is 0.108 e. The van der Waals surface area contributed by atoms with Crippen LogP contribution < -0.4 is 5.73 Å². The van der Waals surface area contributed by atoms with Gasteiger partial charge in [0.05, 0.1) is 6.26 Å². The van der Waals surface area contributed by atoms with E-state index in [2.05, 4.69) is 0 Å². The largest absolute Gasteiger partial charge is 0.469 e. The molecule has 9 heavy (non-hydrogen) atoms. The Morgan fingerprint density at radius 3 is 2.89 bits per heavy atom.